The first-order valence-electron chi connectivity index (χ1n) is 11.1. The smallest absolute Gasteiger partial charge is 0.244 e. The fourth-order valence-electron chi connectivity index (χ4n) is 4.97. The van der Waals surface area contributed by atoms with Gasteiger partial charge in [-0.1, -0.05) is 42.5 Å². The molecule has 0 bridgehead atoms. The molecular formula is C21H28Cl2N6O3S. The third kappa shape index (κ3) is 5.62. The highest BCUT2D eigenvalue weighted by atomic mass is 35.5. The first kappa shape index (κ1) is 24.3. The lowest BCUT2D eigenvalue weighted by Gasteiger charge is -2.42. The van der Waals surface area contributed by atoms with Crippen LogP contribution < -0.4 is 10.5 Å². The van der Waals surface area contributed by atoms with Crippen molar-refractivity contribution in [1.82, 2.24) is 24.6 Å². The van der Waals surface area contributed by atoms with Gasteiger partial charge in [-0.25, -0.2) is 8.42 Å². The Hall–Kier alpha value is -1.88. The van der Waals surface area contributed by atoms with Crippen molar-refractivity contribution in [1.29, 1.82) is 0 Å². The van der Waals surface area contributed by atoms with Crippen LogP contribution in [0, 0.1) is 11.8 Å². The number of hydrogen-bond acceptors (Lipinski definition) is 6. The molecule has 0 spiro atoms. The number of nitrogen functional groups attached to an aromatic ring is 1. The second kappa shape index (κ2) is 10.2. The number of sulfonamides is 1. The predicted octanol–water partition coefficient (Wildman–Crippen LogP) is 2.94. The molecule has 3 N–H and O–H groups in total. The summed E-state index contributed by atoms with van der Waals surface area (Å²) in [5, 5.41) is 8.23. The number of hydrogen-bond donors (Lipinski definition) is 2. The van der Waals surface area contributed by atoms with Gasteiger partial charge in [-0.3, -0.25) is 4.79 Å². The van der Waals surface area contributed by atoms with Gasteiger partial charge in [-0.15, -0.1) is 0 Å². The Kier molecular flexibility index (Phi) is 7.47. The number of amides is 1. The van der Waals surface area contributed by atoms with Crippen molar-refractivity contribution in [3.8, 4) is 0 Å². The van der Waals surface area contributed by atoms with Crippen LogP contribution in [-0.4, -0.2) is 53.4 Å². The quantitative estimate of drug-likeness (QED) is 0.547. The molecule has 2 fully saturated rings. The number of aryl methyl sites for hydroxylation is 1. The van der Waals surface area contributed by atoms with Crippen molar-refractivity contribution in [2.75, 3.05) is 18.8 Å². The minimum atomic E-state index is -4.20. The Morgan fingerprint density at radius 2 is 1.85 bits per heavy atom. The summed E-state index contributed by atoms with van der Waals surface area (Å²) in [6, 6.07) is 1.62. The predicted molar refractivity (Wildman–Crippen MR) is 126 cm³/mol. The molecule has 12 heteroatoms. The molecule has 33 heavy (non-hydrogen) atoms. The maximum atomic E-state index is 13.5. The third-order valence-electron chi connectivity index (χ3n) is 6.59. The molecule has 4 rings (SSSR count). The van der Waals surface area contributed by atoms with E-state index in [0.717, 1.165) is 12.8 Å². The zero-order chi connectivity index (χ0) is 23.6. The van der Waals surface area contributed by atoms with Crippen molar-refractivity contribution in [3.05, 3.63) is 34.6 Å². The lowest BCUT2D eigenvalue weighted by Crippen LogP contribution is -2.53. The number of rotatable bonds is 7. The van der Waals surface area contributed by atoms with Crippen LogP contribution in [-0.2, 0) is 21.4 Å². The molecule has 9 nitrogen and oxygen atoms in total. The average Bonchev–Trinajstić information content (AvgIpc) is 3.28. The van der Waals surface area contributed by atoms with Gasteiger partial charge in [0, 0.05) is 18.1 Å². The first-order chi connectivity index (χ1) is 15.7. The number of nitrogens with one attached hydrogen (secondary N) is 1. The maximum absolute atomic E-state index is 13.5. The number of anilines is 1. The van der Waals surface area contributed by atoms with E-state index in [9.17, 15) is 13.2 Å². The molecule has 0 radical (unpaired) electrons. The van der Waals surface area contributed by atoms with Crippen molar-refractivity contribution >= 4 is 44.8 Å². The number of aromatic nitrogens is 3. The Morgan fingerprint density at radius 1 is 1.15 bits per heavy atom. The van der Waals surface area contributed by atoms with Gasteiger partial charge < -0.3 is 10.6 Å². The van der Waals surface area contributed by atoms with Crippen molar-refractivity contribution in [2.45, 2.75) is 56.0 Å². The molecule has 2 aromatic rings. The van der Waals surface area contributed by atoms with Gasteiger partial charge in [-0.05, 0) is 43.2 Å². The fourth-order valence-corrected chi connectivity index (χ4v) is 7.18. The molecule has 1 aromatic carbocycles. The summed E-state index contributed by atoms with van der Waals surface area (Å²) in [6.07, 6.45) is 8.94. The SMILES string of the molecule is Nc1cc(Cl)cc(Cl)c1S(=O)(=O)NC(CCn1nccn1)C(=O)N1CCC2CCCCC2C1. The van der Waals surface area contributed by atoms with Gasteiger partial charge in [0.05, 0.1) is 29.6 Å². The van der Waals surface area contributed by atoms with Gasteiger partial charge in [0.1, 0.15) is 10.9 Å². The standard InChI is InChI=1S/C21H28Cl2N6O3S/c22-16-11-17(23)20(18(24)12-16)33(31,32)27-19(6-10-29-25-7-8-26-29)21(30)28-9-5-14-3-1-2-4-15(14)13-28/h7-8,11-12,14-15,19,27H,1-6,9-10,13,24H2. The van der Waals surface area contributed by atoms with E-state index in [1.807, 2.05) is 0 Å². The molecule has 1 saturated heterocycles. The summed E-state index contributed by atoms with van der Waals surface area (Å²) in [5.41, 5.74) is 5.84. The summed E-state index contributed by atoms with van der Waals surface area (Å²) in [7, 11) is -4.20. The minimum absolute atomic E-state index is 0.0806. The van der Waals surface area contributed by atoms with Crippen LogP contribution in [0.5, 0.6) is 0 Å². The Morgan fingerprint density at radius 3 is 2.55 bits per heavy atom. The third-order valence-corrected chi connectivity index (χ3v) is 8.80. The maximum Gasteiger partial charge on any atom is 0.244 e. The lowest BCUT2D eigenvalue weighted by atomic mass is 9.75. The number of carbonyl (C=O) groups excluding carboxylic acids is 1. The van der Waals surface area contributed by atoms with Crippen LogP contribution in [0.15, 0.2) is 29.4 Å². The average molecular weight is 515 g/mol. The molecular weight excluding hydrogens is 487 g/mol. The van der Waals surface area contributed by atoms with Crippen LogP contribution in [0.25, 0.3) is 0 Å². The number of likely N-dealkylation sites (tertiary alicyclic amines) is 1. The van der Waals surface area contributed by atoms with E-state index >= 15 is 0 Å². The van der Waals surface area contributed by atoms with E-state index in [2.05, 4.69) is 14.9 Å². The Labute approximate surface area is 203 Å². The van der Waals surface area contributed by atoms with Gasteiger partial charge >= 0.3 is 0 Å². The number of nitrogens with zero attached hydrogens (tertiary/aromatic N) is 4. The summed E-state index contributed by atoms with van der Waals surface area (Å²) >= 11 is 12.1. The number of benzene rings is 1. The monoisotopic (exact) mass is 514 g/mol. The van der Waals surface area contributed by atoms with E-state index < -0.39 is 16.1 Å². The van der Waals surface area contributed by atoms with Crippen molar-refractivity contribution < 1.29 is 13.2 Å². The van der Waals surface area contributed by atoms with Crippen LogP contribution in [0.1, 0.15) is 38.5 Å². The summed E-state index contributed by atoms with van der Waals surface area (Å²) < 4.78 is 29.0. The van der Waals surface area contributed by atoms with E-state index in [4.69, 9.17) is 28.9 Å². The van der Waals surface area contributed by atoms with Crippen LogP contribution in [0.3, 0.4) is 0 Å². The fraction of sp³-hybridized carbons (Fsp3) is 0.571. The number of carbonyl (C=O) groups is 1. The molecule has 1 aromatic heterocycles. The Bertz CT molecular complexity index is 1070. The van der Waals surface area contributed by atoms with E-state index in [1.54, 1.807) is 4.90 Å². The number of nitrogens with two attached hydrogens (primary N) is 1. The largest absolute Gasteiger partial charge is 0.398 e. The van der Waals surface area contributed by atoms with Gasteiger partial charge in [-0.2, -0.15) is 19.7 Å². The van der Waals surface area contributed by atoms with E-state index in [0.29, 0.717) is 24.9 Å². The van der Waals surface area contributed by atoms with Crippen LogP contribution in [0.2, 0.25) is 10.0 Å². The lowest BCUT2D eigenvalue weighted by molar-refractivity contribution is -0.136. The molecule has 180 valence electrons. The summed E-state index contributed by atoms with van der Waals surface area (Å²) in [6.45, 7) is 1.56. The normalized spacial score (nSPS) is 22.1. The summed E-state index contributed by atoms with van der Waals surface area (Å²) in [5.74, 6) is 0.875. The molecule has 1 amide bonds. The minimum Gasteiger partial charge on any atom is -0.398 e. The van der Waals surface area contributed by atoms with Crippen molar-refractivity contribution in [2.24, 2.45) is 11.8 Å². The van der Waals surface area contributed by atoms with E-state index in [-0.39, 0.29) is 39.5 Å². The van der Waals surface area contributed by atoms with Crippen LogP contribution >= 0.6 is 23.2 Å². The topological polar surface area (TPSA) is 123 Å². The van der Waals surface area contributed by atoms with Crippen molar-refractivity contribution in [3.63, 3.8) is 0 Å². The number of fused-ring (bicyclic) bond motifs is 1. The molecule has 2 aliphatic rings. The summed E-state index contributed by atoms with van der Waals surface area (Å²) in [4.78, 5) is 16.5. The molecule has 3 unspecified atom stereocenters. The second-order valence-electron chi connectivity index (χ2n) is 8.77. The first-order valence-corrected chi connectivity index (χ1v) is 13.4. The molecule has 1 saturated carbocycles. The molecule has 2 heterocycles. The number of halogens is 2. The van der Waals surface area contributed by atoms with Gasteiger partial charge in [0.15, 0.2) is 0 Å². The highest BCUT2D eigenvalue weighted by Gasteiger charge is 2.37. The zero-order valence-corrected chi connectivity index (χ0v) is 20.5. The molecule has 3 atom stereocenters. The number of piperidine rings is 1. The second-order valence-corrected chi connectivity index (χ2v) is 11.3. The van der Waals surface area contributed by atoms with Crippen LogP contribution in [0.4, 0.5) is 5.69 Å². The van der Waals surface area contributed by atoms with E-state index in [1.165, 1.54) is 48.6 Å². The Balaban J connectivity index is 1.56. The molecule has 1 aliphatic carbocycles. The van der Waals surface area contributed by atoms with Gasteiger partial charge in [0.25, 0.3) is 0 Å². The molecule has 1 aliphatic heterocycles. The highest BCUT2D eigenvalue weighted by Crippen LogP contribution is 2.36. The highest BCUT2D eigenvalue weighted by molar-refractivity contribution is 7.89. The van der Waals surface area contributed by atoms with Gasteiger partial charge in [0.2, 0.25) is 15.9 Å². The zero-order valence-electron chi connectivity index (χ0n) is 18.2.